The van der Waals surface area contributed by atoms with Gasteiger partial charge >= 0.3 is 17.8 Å². The van der Waals surface area contributed by atoms with Crippen LogP contribution in [0.5, 0.6) is 0 Å². The molecule has 154 valence electrons. The number of aromatic amines is 1. The van der Waals surface area contributed by atoms with Crippen molar-refractivity contribution in [2.75, 3.05) is 7.11 Å². The molecule has 29 heavy (non-hydrogen) atoms. The van der Waals surface area contributed by atoms with Crippen LogP contribution in [0.2, 0.25) is 0 Å². The molecule has 0 saturated heterocycles. The molecular weight excluding hydrogens is 422 g/mol. The van der Waals surface area contributed by atoms with Crippen LogP contribution in [0, 0.1) is 17.1 Å². The topological polar surface area (TPSA) is 105 Å². The molecule has 7 nitrogen and oxygen atoms in total. The molecule has 0 saturated carbocycles. The molecule has 1 unspecified atom stereocenters. The van der Waals surface area contributed by atoms with Crippen molar-refractivity contribution in [2.45, 2.75) is 18.0 Å². The van der Waals surface area contributed by atoms with Gasteiger partial charge < -0.3 is 4.74 Å². The van der Waals surface area contributed by atoms with Gasteiger partial charge in [-0.15, -0.1) is 11.6 Å². The summed E-state index contributed by atoms with van der Waals surface area (Å²) >= 11 is 5.84. The maximum absolute atomic E-state index is 14.6. The van der Waals surface area contributed by atoms with Gasteiger partial charge in [0.2, 0.25) is 0 Å². The second kappa shape index (κ2) is 8.08. The van der Waals surface area contributed by atoms with Gasteiger partial charge in [0, 0.05) is 19.0 Å². The predicted molar refractivity (Wildman–Crippen MR) is 92.8 cm³/mol. The molecule has 1 aromatic heterocycles. The molecule has 0 radical (unpaired) electrons. The minimum absolute atomic E-state index is 0.0873. The molecular formula is C17H12ClF4N3O4. The van der Waals surface area contributed by atoms with E-state index in [0.29, 0.717) is 6.07 Å². The Kier molecular flexibility index (Phi) is 6.18. The number of hydrogen-bond donors (Lipinski definition) is 1. The number of carbonyl (C=O) groups excluding carboxylic acids is 1. The summed E-state index contributed by atoms with van der Waals surface area (Å²) in [7, 11) is 1.82. The third-order valence-corrected chi connectivity index (χ3v) is 4.36. The minimum Gasteiger partial charge on any atom is -0.468 e. The van der Waals surface area contributed by atoms with Gasteiger partial charge in [-0.3, -0.25) is 19.1 Å². The van der Waals surface area contributed by atoms with E-state index in [1.165, 1.54) is 0 Å². The van der Waals surface area contributed by atoms with E-state index >= 15 is 0 Å². The van der Waals surface area contributed by atoms with E-state index in [4.69, 9.17) is 16.9 Å². The highest BCUT2D eigenvalue weighted by Gasteiger charge is 2.39. The van der Waals surface area contributed by atoms with Crippen LogP contribution in [0.15, 0.2) is 21.7 Å². The summed E-state index contributed by atoms with van der Waals surface area (Å²) in [6.45, 7) is 0. The summed E-state index contributed by atoms with van der Waals surface area (Å²) in [5.41, 5.74) is -6.82. The monoisotopic (exact) mass is 433 g/mol. The number of halogens is 5. The molecule has 0 spiro atoms. The molecule has 1 heterocycles. The molecule has 0 bridgehead atoms. The first kappa shape index (κ1) is 22.2. The molecule has 0 amide bonds. The first-order chi connectivity index (χ1) is 13.4. The fraction of sp³-hybridized carbons (Fsp3) is 0.294. The zero-order valence-corrected chi connectivity index (χ0v) is 15.6. The van der Waals surface area contributed by atoms with Crippen LogP contribution >= 0.6 is 11.6 Å². The van der Waals surface area contributed by atoms with Gasteiger partial charge in [-0.05, 0) is 17.7 Å². The second-order valence-electron chi connectivity index (χ2n) is 5.84. The number of H-pyrrole nitrogens is 1. The lowest BCUT2D eigenvalue weighted by Gasteiger charge is -2.17. The van der Waals surface area contributed by atoms with Crippen molar-refractivity contribution in [1.82, 2.24) is 9.55 Å². The molecule has 0 aliphatic carbocycles. The average Bonchev–Trinajstić information content (AvgIpc) is 2.63. The standard InChI is InChI=1S/C17H12ClF4N3O4/c1-25-13(17(20,21)22)12(14(26)24-16(25)28)9-3-7(4-10(18)15(27)29-2)8(6-23)5-11(9)19/h3,5,10H,4H2,1-2H3,(H,24,26,28). The van der Waals surface area contributed by atoms with Crippen LogP contribution in [0.1, 0.15) is 16.8 Å². The number of rotatable bonds is 4. The number of esters is 1. The molecule has 0 fully saturated rings. The van der Waals surface area contributed by atoms with Crippen LogP contribution in [-0.4, -0.2) is 28.0 Å². The van der Waals surface area contributed by atoms with Crippen molar-refractivity contribution < 1.29 is 27.1 Å². The number of alkyl halides is 4. The number of aromatic nitrogens is 2. The SMILES string of the molecule is COC(=O)C(Cl)Cc1cc(-c2c(C(F)(F)F)n(C)c(=O)[nH]c2=O)c(F)cc1C#N. The molecule has 0 aliphatic heterocycles. The summed E-state index contributed by atoms with van der Waals surface area (Å²) in [6.07, 6.45) is -5.55. The molecule has 12 heteroatoms. The Balaban J connectivity index is 2.84. The van der Waals surface area contributed by atoms with E-state index in [1.54, 1.807) is 11.1 Å². The van der Waals surface area contributed by atoms with Crippen molar-refractivity contribution >= 4 is 17.6 Å². The fourth-order valence-corrected chi connectivity index (χ4v) is 2.94. The van der Waals surface area contributed by atoms with E-state index in [1.807, 2.05) is 0 Å². The molecule has 0 aliphatic rings. The highest BCUT2D eigenvalue weighted by Crippen LogP contribution is 2.36. The van der Waals surface area contributed by atoms with E-state index in [0.717, 1.165) is 20.2 Å². The highest BCUT2D eigenvalue weighted by atomic mass is 35.5. The maximum atomic E-state index is 14.6. The first-order valence-electron chi connectivity index (χ1n) is 7.77. The molecule has 1 N–H and O–H groups in total. The summed E-state index contributed by atoms with van der Waals surface area (Å²) < 4.78 is 59.7. The van der Waals surface area contributed by atoms with Crippen molar-refractivity contribution in [3.05, 3.63) is 55.6 Å². The van der Waals surface area contributed by atoms with E-state index in [2.05, 4.69) is 4.74 Å². The van der Waals surface area contributed by atoms with Gasteiger partial charge in [0.15, 0.2) is 0 Å². The van der Waals surface area contributed by atoms with Crippen LogP contribution in [0.25, 0.3) is 11.1 Å². The summed E-state index contributed by atoms with van der Waals surface area (Å²) in [4.78, 5) is 36.9. The Hall–Kier alpha value is -3.13. The van der Waals surface area contributed by atoms with Gasteiger partial charge in [0.1, 0.15) is 16.9 Å². The van der Waals surface area contributed by atoms with Gasteiger partial charge in [-0.25, -0.2) is 9.18 Å². The Bertz CT molecular complexity index is 1130. The zero-order chi connectivity index (χ0) is 22.1. The zero-order valence-electron chi connectivity index (χ0n) is 14.9. The number of nitrogens with zero attached hydrogens (tertiary/aromatic N) is 2. The number of nitriles is 1. The van der Waals surface area contributed by atoms with Crippen molar-refractivity contribution in [1.29, 1.82) is 5.26 Å². The molecule has 1 atom stereocenters. The lowest BCUT2D eigenvalue weighted by atomic mass is 9.95. The van der Waals surface area contributed by atoms with Crippen molar-refractivity contribution in [2.24, 2.45) is 7.05 Å². The Morgan fingerprint density at radius 1 is 1.38 bits per heavy atom. The Morgan fingerprint density at radius 3 is 2.52 bits per heavy atom. The van der Waals surface area contributed by atoms with Gasteiger partial charge in [-0.1, -0.05) is 0 Å². The smallest absolute Gasteiger partial charge is 0.432 e. The van der Waals surface area contributed by atoms with Gasteiger partial charge in [-0.2, -0.15) is 18.4 Å². The van der Waals surface area contributed by atoms with Crippen molar-refractivity contribution in [3.8, 4) is 17.2 Å². The minimum atomic E-state index is -5.17. The van der Waals surface area contributed by atoms with Crippen LogP contribution in [-0.2, 0) is 29.2 Å². The number of benzene rings is 1. The van der Waals surface area contributed by atoms with Gasteiger partial charge in [0.05, 0.1) is 24.3 Å². The number of methoxy groups -OCH3 is 1. The predicted octanol–water partition coefficient (Wildman–Crippen LogP) is 2.09. The highest BCUT2D eigenvalue weighted by molar-refractivity contribution is 6.30. The third-order valence-electron chi connectivity index (χ3n) is 4.03. The van der Waals surface area contributed by atoms with E-state index in [9.17, 15) is 31.9 Å². The number of ether oxygens (including phenoxy) is 1. The van der Waals surface area contributed by atoms with Crippen molar-refractivity contribution in [3.63, 3.8) is 0 Å². The first-order valence-corrected chi connectivity index (χ1v) is 8.21. The van der Waals surface area contributed by atoms with E-state index < -0.39 is 51.4 Å². The maximum Gasteiger partial charge on any atom is 0.432 e. The normalized spacial score (nSPS) is 12.3. The van der Waals surface area contributed by atoms with Crippen LogP contribution < -0.4 is 11.2 Å². The number of nitrogens with one attached hydrogen (secondary N) is 1. The van der Waals surface area contributed by atoms with E-state index in [-0.39, 0.29) is 22.1 Å². The summed E-state index contributed by atoms with van der Waals surface area (Å²) in [6, 6.07) is 3.08. The van der Waals surface area contributed by atoms with Crippen LogP contribution in [0.4, 0.5) is 17.6 Å². The third kappa shape index (κ3) is 4.32. The quantitative estimate of drug-likeness (QED) is 0.451. The fourth-order valence-electron chi connectivity index (χ4n) is 2.69. The second-order valence-corrected chi connectivity index (χ2v) is 6.36. The van der Waals surface area contributed by atoms with Gasteiger partial charge in [0.25, 0.3) is 5.56 Å². The van der Waals surface area contributed by atoms with Crippen LogP contribution in [0.3, 0.4) is 0 Å². The lowest BCUT2D eigenvalue weighted by molar-refractivity contribution is -0.143. The lowest BCUT2D eigenvalue weighted by Crippen LogP contribution is -2.35. The molecule has 2 rings (SSSR count). The molecule has 1 aromatic carbocycles. The Morgan fingerprint density at radius 2 is 2.00 bits per heavy atom. The average molecular weight is 434 g/mol. The number of carbonyl (C=O) groups is 1. The largest absolute Gasteiger partial charge is 0.468 e. The summed E-state index contributed by atoms with van der Waals surface area (Å²) in [5.74, 6) is -2.18. The number of hydrogen-bond acceptors (Lipinski definition) is 5. The Labute approximate surface area is 165 Å². The molecule has 2 aromatic rings. The summed E-state index contributed by atoms with van der Waals surface area (Å²) in [5, 5.41) is 7.85.